The largest absolute Gasteiger partial charge is 0.342 e. The highest BCUT2D eigenvalue weighted by molar-refractivity contribution is 8.00. The first-order valence-electron chi connectivity index (χ1n) is 9.92. The topological polar surface area (TPSA) is 49.4 Å². The molecule has 1 fully saturated rings. The Labute approximate surface area is 171 Å². The van der Waals surface area contributed by atoms with Gasteiger partial charge in [0.2, 0.25) is 11.8 Å². The van der Waals surface area contributed by atoms with Crippen LogP contribution in [0.4, 0.5) is 5.69 Å². The molecule has 1 aliphatic heterocycles. The van der Waals surface area contributed by atoms with Crippen LogP contribution in [-0.2, 0) is 9.59 Å². The van der Waals surface area contributed by atoms with Crippen molar-refractivity contribution in [3.8, 4) is 0 Å². The SMILES string of the molecule is Cc1cccc(NC(=O)CCC2CCN(C(=O)CSc3ccccc3)CC2)c1. The van der Waals surface area contributed by atoms with E-state index in [4.69, 9.17) is 0 Å². The van der Waals surface area contributed by atoms with E-state index in [1.807, 2.05) is 66.4 Å². The highest BCUT2D eigenvalue weighted by atomic mass is 32.2. The predicted molar refractivity (Wildman–Crippen MR) is 116 cm³/mol. The van der Waals surface area contributed by atoms with Gasteiger partial charge in [0.1, 0.15) is 0 Å². The van der Waals surface area contributed by atoms with E-state index in [0.29, 0.717) is 18.1 Å². The number of nitrogens with one attached hydrogen (secondary N) is 1. The van der Waals surface area contributed by atoms with Gasteiger partial charge in [0.05, 0.1) is 5.75 Å². The summed E-state index contributed by atoms with van der Waals surface area (Å²) in [6, 6.07) is 17.9. The van der Waals surface area contributed by atoms with Gasteiger partial charge in [0.15, 0.2) is 0 Å². The molecule has 1 saturated heterocycles. The van der Waals surface area contributed by atoms with Gasteiger partial charge in [-0.2, -0.15) is 0 Å². The van der Waals surface area contributed by atoms with Crippen LogP contribution in [-0.4, -0.2) is 35.6 Å². The number of piperidine rings is 1. The van der Waals surface area contributed by atoms with Crippen LogP contribution < -0.4 is 5.32 Å². The molecule has 0 bridgehead atoms. The number of nitrogens with zero attached hydrogens (tertiary/aromatic N) is 1. The third kappa shape index (κ3) is 6.41. The molecule has 0 aliphatic carbocycles. The molecule has 28 heavy (non-hydrogen) atoms. The van der Waals surface area contributed by atoms with E-state index in [-0.39, 0.29) is 11.8 Å². The minimum Gasteiger partial charge on any atom is -0.342 e. The van der Waals surface area contributed by atoms with Crippen molar-refractivity contribution >= 4 is 29.3 Å². The minimum absolute atomic E-state index is 0.0726. The Morgan fingerprint density at radius 1 is 1.07 bits per heavy atom. The molecule has 2 aromatic carbocycles. The van der Waals surface area contributed by atoms with Gasteiger partial charge >= 0.3 is 0 Å². The first-order chi connectivity index (χ1) is 13.6. The van der Waals surface area contributed by atoms with Crippen LogP contribution in [0.1, 0.15) is 31.2 Å². The van der Waals surface area contributed by atoms with Gasteiger partial charge in [0.25, 0.3) is 0 Å². The van der Waals surface area contributed by atoms with Gasteiger partial charge < -0.3 is 10.2 Å². The highest BCUT2D eigenvalue weighted by Crippen LogP contribution is 2.24. The standard InChI is InChI=1S/C23H28N2O2S/c1-18-6-5-7-20(16-18)24-22(26)11-10-19-12-14-25(15-13-19)23(27)17-28-21-8-3-2-4-9-21/h2-9,16,19H,10-15,17H2,1H3,(H,24,26). The van der Waals surface area contributed by atoms with Gasteiger partial charge in [-0.15, -0.1) is 11.8 Å². The van der Waals surface area contributed by atoms with Crippen LogP contribution in [0.5, 0.6) is 0 Å². The number of likely N-dealkylation sites (tertiary alicyclic amines) is 1. The Kier molecular flexibility index (Phi) is 7.54. The number of carbonyl (C=O) groups is 2. The molecule has 0 atom stereocenters. The summed E-state index contributed by atoms with van der Waals surface area (Å²) < 4.78 is 0. The van der Waals surface area contributed by atoms with Crippen molar-refractivity contribution in [2.75, 3.05) is 24.2 Å². The Morgan fingerprint density at radius 2 is 1.82 bits per heavy atom. The summed E-state index contributed by atoms with van der Waals surface area (Å²) in [5, 5.41) is 2.98. The summed E-state index contributed by atoms with van der Waals surface area (Å²) in [7, 11) is 0. The van der Waals surface area contributed by atoms with Crippen LogP contribution in [0.25, 0.3) is 0 Å². The molecule has 0 unspecified atom stereocenters. The summed E-state index contributed by atoms with van der Waals surface area (Å²) in [5.74, 6) is 1.30. The molecule has 1 N–H and O–H groups in total. The van der Waals surface area contributed by atoms with Gasteiger partial charge in [-0.05, 0) is 61.9 Å². The molecule has 5 heteroatoms. The van der Waals surface area contributed by atoms with Crippen LogP contribution in [0.15, 0.2) is 59.5 Å². The maximum atomic E-state index is 12.4. The molecule has 2 amide bonds. The third-order valence-electron chi connectivity index (χ3n) is 5.15. The van der Waals surface area contributed by atoms with E-state index in [1.54, 1.807) is 11.8 Å². The van der Waals surface area contributed by atoms with Gasteiger partial charge in [-0.1, -0.05) is 30.3 Å². The number of aryl methyl sites for hydroxylation is 1. The van der Waals surface area contributed by atoms with Crippen molar-refractivity contribution in [1.82, 2.24) is 4.90 Å². The maximum absolute atomic E-state index is 12.4. The molecule has 0 aromatic heterocycles. The Hall–Kier alpha value is -2.27. The van der Waals surface area contributed by atoms with E-state index in [9.17, 15) is 9.59 Å². The second-order valence-corrected chi connectivity index (χ2v) is 8.43. The van der Waals surface area contributed by atoms with Crippen molar-refractivity contribution in [3.63, 3.8) is 0 Å². The lowest BCUT2D eigenvalue weighted by Gasteiger charge is -2.32. The van der Waals surface area contributed by atoms with Gasteiger partial charge in [-0.3, -0.25) is 9.59 Å². The van der Waals surface area contributed by atoms with E-state index in [2.05, 4.69) is 5.32 Å². The number of hydrogen-bond acceptors (Lipinski definition) is 3. The second kappa shape index (κ2) is 10.3. The minimum atomic E-state index is 0.0726. The van der Waals surface area contributed by atoms with E-state index >= 15 is 0 Å². The van der Waals surface area contributed by atoms with Gasteiger partial charge in [-0.25, -0.2) is 0 Å². The zero-order valence-electron chi connectivity index (χ0n) is 16.4. The molecule has 0 radical (unpaired) electrons. The molecule has 0 spiro atoms. The molecule has 148 valence electrons. The monoisotopic (exact) mass is 396 g/mol. The van der Waals surface area contributed by atoms with E-state index in [0.717, 1.165) is 48.5 Å². The fourth-order valence-electron chi connectivity index (χ4n) is 3.51. The third-order valence-corrected chi connectivity index (χ3v) is 6.15. The van der Waals surface area contributed by atoms with Crippen LogP contribution in [0, 0.1) is 12.8 Å². The molecular weight excluding hydrogens is 368 g/mol. The number of hydrogen-bond donors (Lipinski definition) is 1. The van der Waals surface area contributed by atoms with Crippen molar-refractivity contribution in [2.45, 2.75) is 37.5 Å². The number of amides is 2. The molecule has 1 heterocycles. The number of thioether (sulfide) groups is 1. The fourth-order valence-corrected chi connectivity index (χ4v) is 4.33. The van der Waals surface area contributed by atoms with E-state index in [1.165, 1.54) is 0 Å². The average Bonchev–Trinajstić information content (AvgIpc) is 2.72. The molecular formula is C23H28N2O2S. The normalized spacial score (nSPS) is 14.7. The maximum Gasteiger partial charge on any atom is 0.232 e. The zero-order chi connectivity index (χ0) is 19.8. The van der Waals surface area contributed by atoms with E-state index < -0.39 is 0 Å². The summed E-state index contributed by atoms with van der Waals surface area (Å²) >= 11 is 1.59. The van der Waals surface area contributed by atoms with Crippen molar-refractivity contribution < 1.29 is 9.59 Å². The summed E-state index contributed by atoms with van der Waals surface area (Å²) in [6.45, 7) is 3.62. The fraction of sp³-hybridized carbons (Fsp3) is 0.391. The number of carbonyl (C=O) groups excluding carboxylic acids is 2. The zero-order valence-corrected chi connectivity index (χ0v) is 17.2. The molecule has 0 saturated carbocycles. The lowest BCUT2D eigenvalue weighted by molar-refractivity contribution is -0.130. The first-order valence-corrected chi connectivity index (χ1v) is 10.9. The second-order valence-electron chi connectivity index (χ2n) is 7.38. The quantitative estimate of drug-likeness (QED) is 0.688. The van der Waals surface area contributed by atoms with Crippen LogP contribution in [0.2, 0.25) is 0 Å². The summed E-state index contributed by atoms with van der Waals surface area (Å²) in [5.41, 5.74) is 2.00. The van der Waals surface area contributed by atoms with Crippen molar-refractivity contribution in [1.29, 1.82) is 0 Å². The van der Waals surface area contributed by atoms with Gasteiger partial charge in [0, 0.05) is 30.1 Å². The lowest BCUT2D eigenvalue weighted by Crippen LogP contribution is -2.39. The number of rotatable bonds is 7. The Balaban J connectivity index is 1.34. The average molecular weight is 397 g/mol. The summed E-state index contributed by atoms with van der Waals surface area (Å²) in [4.78, 5) is 27.7. The smallest absolute Gasteiger partial charge is 0.232 e. The van der Waals surface area contributed by atoms with Crippen molar-refractivity contribution in [2.24, 2.45) is 5.92 Å². The van der Waals surface area contributed by atoms with Crippen LogP contribution in [0.3, 0.4) is 0 Å². The van der Waals surface area contributed by atoms with Crippen LogP contribution >= 0.6 is 11.8 Å². The predicted octanol–water partition coefficient (Wildman–Crippen LogP) is 4.74. The lowest BCUT2D eigenvalue weighted by atomic mass is 9.92. The Bertz CT molecular complexity index is 786. The number of anilines is 1. The molecule has 1 aliphatic rings. The highest BCUT2D eigenvalue weighted by Gasteiger charge is 2.23. The van der Waals surface area contributed by atoms with Crippen molar-refractivity contribution in [3.05, 3.63) is 60.2 Å². The molecule has 2 aromatic rings. The molecule has 3 rings (SSSR count). The summed E-state index contributed by atoms with van der Waals surface area (Å²) in [6.07, 6.45) is 3.40. The Morgan fingerprint density at radius 3 is 2.54 bits per heavy atom. The number of benzene rings is 2. The first kappa shape index (κ1) is 20.5. The molecule has 4 nitrogen and oxygen atoms in total.